The first-order valence-electron chi connectivity index (χ1n) is 39.6. The maximum atomic E-state index is 13.3. The van der Waals surface area contributed by atoms with Gasteiger partial charge in [-0.2, -0.15) is 0 Å². The molecule has 10 aromatic rings. The second kappa shape index (κ2) is 48.1. The van der Waals surface area contributed by atoms with Crippen molar-refractivity contribution in [3.8, 4) is 17.2 Å². The molecule has 0 saturated carbocycles. The summed E-state index contributed by atoms with van der Waals surface area (Å²) in [4.78, 5) is 107. The molecule has 40 heteroatoms. The van der Waals surface area contributed by atoms with E-state index in [4.69, 9.17) is 65.9 Å². The summed E-state index contributed by atoms with van der Waals surface area (Å²) in [7, 11) is 0. The van der Waals surface area contributed by atoms with Crippen LogP contribution in [0, 0.1) is 55.1 Å². The summed E-state index contributed by atoms with van der Waals surface area (Å²) in [6.07, 6.45) is -3.31. The molecule has 0 fully saturated rings. The highest BCUT2D eigenvalue weighted by atomic mass is 19.1. The number of carbonyl (C=O) groups excluding carboxylic acids is 5. The minimum absolute atomic E-state index is 0.0257. The van der Waals surface area contributed by atoms with Crippen molar-refractivity contribution in [1.29, 1.82) is 0 Å². The molecular weight excluding hydrogens is 1710 g/mol. The normalized spacial score (nSPS) is 12.2. The van der Waals surface area contributed by atoms with E-state index in [0.717, 1.165) is 30.3 Å². The number of nitrogens with one attached hydrogen (secondary N) is 7. The van der Waals surface area contributed by atoms with E-state index in [0.29, 0.717) is 61.9 Å². The van der Waals surface area contributed by atoms with E-state index in [1.54, 1.807) is 165 Å². The lowest BCUT2D eigenvalue weighted by molar-refractivity contribution is -0.384. The molecule has 1 aromatic heterocycles. The van der Waals surface area contributed by atoms with E-state index in [9.17, 15) is 85.2 Å². The van der Waals surface area contributed by atoms with Crippen LogP contribution in [0.5, 0.6) is 17.2 Å². The molecule has 17 N–H and O–H groups in total. The van der Waals surface area contributed by atoms with Gasteiger partial charge in [-0.25, -0.2) is 59.9 Å². The van der Waals surface area contributed by atoms with Gasteiger partial charge in [-0.1, -0.05) is 60.7 Å². The molecule has 5 amide bonds. The topological polar surface area (TPSA) is 516 Å². The first-order valence-corrected chi connectivity index (χ1v) is 39.6. The number of carbonyl (C=O) groups is 6. The van der Waals surface area contributed by atoms with E-state index in [2.05, 4.69) is 36.6 Å². The molecule has 0 aliphatic rings. The van der Waals surface area contributed by atoms with Crippen molar-refractivity contribution in [2.24, 2.45) is 0 Å². The molecule has 130 heavy (non-hydrogen) atoms. The maximum absolute atomic E-state index is 13.3. The number of H-pyrrole nitrogens is 2. The highest BCUT2D eigenvalue weighted by Crippen LogP contribution is 2.30. The minimum Gasteiger partial charge on any atom is -0.491 e. The average molecular weight is 1820 g/mol. The van der Waals surface area contributed by atoms with Gasteiger partial charge in [-0.3, -0.25) is 20.2 Å². The number of carboxylic acid groups (broad SMARTS) is 1. The number of nitro groups is 2. The van der Waals surface area contributed by atoms with Crippen LogP contribution in [-0.2, 0) is 28.5 Å². The summed E-state index contributed by atoms with van der Waals surface area (Å²) < 4.78 is 121. The number of rotatable bonds is 23. The third-order valence-corrected chi connectivity index (χ3v) is 16.3. The van der Waals surface area contributed by atoms with E-state index < -0.39 is 122 Å². The number of aliphatic carboxylic acids is 1. The van der Waals surface area contributed by atoms with Gasteiger partial charge in [0, 0.05) is 36.4 Å². The van der Waals surface area contributed by atoms with Crippen molar-refractivity contribution in [2.45, 2.75) is 162 Å². The average Bonchev–Trinajstić information content (AvgIpc) is 1.70. The monoisotopic (exact) mass is 1820 g/mol. The van der Waals surface area contributed by atoms with Gasteiger partial charge in [0.1, 0.15) is 111 Å². The molecule has 5 atom stereocenters. The summed E-state index contributed by atoms with van der Waals surface area (Å²) >= 11 is 0. The Balaban J connectivity index is 0.000000282. The number of imidazole rings is 1. The van der Waals surface area contributed by atoms with Crippen molar-refractivity contribution >= 4 is 81.6 Å². The fourth-order valence-corrected chi connectivity index (χ4v) is 10.6. The summed E-state index contributed by atoms with van der Waals surface area (Å²) in [5.41, 5.74) is 22.9. The Morgan fingerprint density at radius 1 is 0.354 bits per heavy atom. The third kappa shape index (κ3) is 39.7. The number of anilines is 4. The number of alkyl carbamates (subject to hydrolysis) is 5. The molecule has 0 aliphatic heterocycles. The Morgan fingerprint density at radius 3 is 0.931 bits per heavy atom. The molecule has 0 aliphatic carbocycles. The molecule has 34 nitrogen and oxygen atoms in total. The smallest absolute Gasteiger partial charge is 0.408 e. The number of hydrogen-bond acceptors (Lipinski definition) is 24. The fraction of sp³-hybridized carbons (Fsp3) is 0.322. The number of carboxylic acids is 1. The van der Waals surface area contributed by atoms with Crippen LogP contribution >= 0.6 is 0 Å². The number of nitrogens with two attached hydrogens (primary N) is 4. The van der Waals surface area contributed by atoms with Crippen molar-refractivity contribution in [1.82, 2.24) is 36.6 Å². The number of nitrogens with zero attached hydrogens (tertiary/aromatic N) is 2. The number of ether oxygens (including phenoxy) is 8. The lowest BCUT2D eigenvalue weighted by Gasteiger charge is -2.24. The van der Waals surface area contributed by atoms with Crippen LogP contribution in [0.2, 0.25) is 0 Å². The SMILES string of the molecule is CC(C)(C)OC(=O)N[C@@H](C(=O)O)c1ccc(F)cc1.CC(C)(C)OC(=O)N[C@@H](CO)c1ccc(F)cc1.CC(C)(C)OC(=O)N[C@@H](COc1ccc(N)c(N)c1)c1ccc(F)cc1.CC(C)(C)OC(=O)N[C@@H](COc1ccc([N+](=O)[O-])c(N)c1)c1ccc(F)cc1.CC(C)(C)OC(=O)N[C@@H](COc1ccc2[nH]c(=O)[nH]c2c1)c1ccc(F)cc1.Nc1cc(F)ccc1[N+](=O)[O-]. The van der Waals surface area contributed by atoms with Crippen LogP contribution in [-0.4, -0.2) is 121 Å². The molecular formula is C90H107F6N13O21. The van der Waals surface area contributed by atoms with Gasteiger partial charge in [-0.05, 0) is 229 Å². The van der Waals surface area contributed by atoms with Gasteiger partial charge in [0.15, 0.2) is 6.04 Å². The Kier molecular flexibility index (Phi) is 39.0. The van der Waals surface area contributed by atoms with E-state index in [-0.39, 0.29) is 77.9 Å². The van der Waals surface area contributed by atoms with E-state index >= 15 is 0 Å². The first-order chi connectivity index (χ1) is 60.5. The van der Waals surface area contributed by atoms with E-state index in [1.807, 2.05) is 0 Å². The van der Waals surface area contributed by atoms with Crippen LogP contribution in [0.4, 0.5) is 84.4 Å². The van der Waals surface area contributed by atoms with Crippen LogP contribution in [0.1, 0.15) is 162 Å². The Labute approximate surface area is 744 Å². The van der Waals surface area contributed by atoms with Crippen molar-refractivity contribution in [2.75, 3.05) is 49.4 Å². The highest BCUT2D eigenvalue weighted by Gasteiger charge is 2.29. The Bertz CT molecular complexity index is 5470. The predicted molar refractivity (Wildman–Crippen MR) is 473 cm³/mol. The first kappa shape index (κ1) is 106. The molecule has 0 unspecified atom stereocenters. The van der Waals surface area contributed by atoms with Crippen molar-refractivity contribution in [3.05, 3.63) is 288 Å². The van der Waals surface area contributed by atoms with Crippen molar-refractivity contribution < 1.29 is 113 Å². The Morgan fingerprint density at radius 2 is 0.623 bits per heavy atom. The molecule has 1 heterocycles. The van der Waals surface area contributed by atoms with E-state index in [1.165, 1.54) is 103 Å². The fourth-order valence-electron chi connectivity index (χ4n) is 10.6. The molecule has 10 rings (SSSR count). The number of aromatic nitrogens is 2. The van der Waals surface area contributed by atoms with Crippen molar-refractivity contribution in [3.63, 3.8) is 0 Å². The number of nitrogen functional groups attached to an aromatic ring is 4. The zero-order valence-corrected chi connectivity index (χ0v) is 73.8. The molecule has 0 bridgehead atoms. The number of amides is 5. The van der Waals surface area contributed by atoms with Gasteiger partial charge < -0.3 is 108 Å². The molecule has 0 spiro atoms. The molecule has 0 saturated heterocycles. The van der Waals surface area contributed by atoms with Gasteiger partial charge in [0.25, 0.3) is 11.4 Å². The van der Waals surface area contributed by atoms with Crippen LogP contribution in [0.15, 0.2) is 199 Å². The van der Waals surface area contributed by atoms with Gasteiger partial charge in [0.05, 0.1) is 63.0 Å². The third-order valence-electron chi connectivity index (χ3n) is 16.3. The number of halogens is 6. The largest absolute Gasteiger partial charge is 0.491 e. The summed E-state index contributed by atoms with van der Waals surface area (Å²) in [6.45, 7) is 25.9. The number of nitro benzene ring substituents is 2. The second-order valence-corrected chi connectivity index (χ2v) is 33.1. The summed E-state index contributed by atoms with van der Waals surface area (Å²) in [6, 6.07) is 40.9. The lowest BCUT2D eigenvalue weighted by atomic mass is 10.1. The Hall–Kier alpha value is -15.0. The van der Waals surface area contributed by atoms with Crippen LogP contribution < -0.4 is 69.4 Å². The number of benzene rings is 9. The second-order valence-electron chi connectivity index (χ2n) is 33.1. The number of fused-ring (bicyclic) bond motifs is 1. The highest BCUT2D eigenvalue weighted by molar-refractivity contribution is 5.82. The maximum Gasteiger partial charge on any atom is 0.408 e. The van der Waals surface area contributed by atoms with Gasteiger partial charge >= 0.3 is 42.1 Å². The molecule has 9 aromatic carbocycles. The van der Waals surface area contributed by atoms with Gasteiger partial charge in [-0.15, -0.1) is 0 Å². The number of aliphatic hydroxyl groups excluding tert-OH is 1. The van der Waals surface area contributed by atoms with Crippen LogP contribution in [0.25, 0.3) is 11.0 Å². The molecule has 700 valence electrons. The number of hydrogen-bond donors (Lipinski definition) is 13. The summed E-state index contributed by atoms with van der Waals surface area (Å²) in [5.74, 6) is -2.51. The lowest BCUT2D eigenvalue weighted by Crippen LogP contribution is -2.38. The number of aliphatic hydroxyl groups is 1. The number of aromatic amines is 2. The van der Waals surface area contributed by atoms with Gasteiger partial charge in [0.2, 0.25) is 0 Å². The zero-order valence-electron chi connectivity index (χ0n) is 73.8. The quantitative estimate of drug-likeness (QED) is 0.00930. The zero-order chi connectivity index (χ0) is 97.3. The standard InChI is InChI=1S/C20H22FN3O4.C19H22FN3O5.C19H24FN3O3.C13H16FNO4.C13H18FNO3.C6H5FN2O2/c1-20(2,3)28-19(26)24-17(12-4-6-13(21)7-5-12)11-27-14-8-9-15-16(10-14)23-18(25)22-15;1-19(2,3)28-18(24)22-16(12-4-6-13(20)7-5-12)11-27-14-8-9-17(23(25)26)15(21)10-14;1-19(2,3)26-18(24)23-17(12-4-6-13(20)7-5-12)11-25-14-8-9-15(21)16(22)10-14;1-13(2,3)19-12(18)15-10(11(16)17)8-4-6-9(14)7-5-8;1-13(2,3)18-12(17)15-11(8-16)9-4-6-10(14)7-5-9;7-4-1-2-6(9(10)11)5(8)3-4/h4-10,17H,11H2,1-3H3,(H,24,26)(H2,22,23,25);4-10,16H,11,21H2,1-3H3,(H,22,24);4-10,17H,11,21-22H2,1-3H3,(H,23,24);4-7,10H,1-3H3,(H,15,18)(H,16,17);4-7,11,16H,8H2,1-3H3,(H,15,17);1-3H,8H2/t17-;16-;17-;10-;11-;/m00010./s1. The summed E-state index contributed by atoms with van der Waals surface area (Å²) in [5, 5.41) is 52.2. The van der Waals surface area contributed by atoms with Crippen LogP contribution in [0.3, 0.4) is 0 Å². The minimum atomic E-state index is -1.28. The predicted octanol–water partition coefficient (Wildman–Crippen LogP) is 17.4. The molecule has 0 radical (unpaired) electrons.